The number of rotatable bonds is 42. The molecule has 0 saturated heterocycles. The van der Waals surface area contributed by atoms with Crippen LogP contribution in [-0.2, 0) is 28.6 Å². The number of hydrogen-bond acceptors (Lipinski definition) is 6. The van der Waals surface area contributed by atoms with Crippen LogP contribution in [0.5, 0.6) is 0 Å². The molecule has 1 unspecified atom stereocenters. The van der Waals surface area contributed by atoms with E-state index in [4.69, 9.17) is 14.2 Å². The third kappa shape index (κ3) is 48.4. The first kappa shape index (κ1) is 58.6. The van der Waals surface area contributed by atoms with E-state index in [-0.39, 0.29) is 38.0 Å². The molecule has 0 amide bonds. The lowest BCUT2D eigenvalue weighted by Crippen LogP contribution is -2.30. The van der Waals surface area contributed by atoms with Crippen LogP contribution in [0.4, 0.5) is 0 Å². The first-order chi connectivity index (χ1) is 31.0. The maximum absolute atomic E-state index is 12.8. The highest BCUT2D eigenvalue weighted by Gasteiger charge is 2.19. The third-order valence-corrected chi connectivity index (χ3v) is 9.65. The third-order valence-electron chi connectivity index (χ3n) is 9.65. The summed E-state index contributed by atoms with van der Waals surface area (Å²) in [5, 5.41) is 0. The Balaban J connectivity index is 4.63. The highest BCUT2D eigenvalue weighted by atomic mass is 16.6. The standard InChI is InChI=1S/C57H88O6/c1-4-7-10-13-16-19-22-25-28-31-34-37-40-43-46-49-55(58)61-52-54(63-57(60)51-48-45-42-39-36-33-30-27-24-21-18-15-12-9-6-3)53-62-56(59)50-47-44-41-38-35-32-29-26-23-20-17-14-11-8-5-2/h7,9-10,12,16-21,25-30,34,36-37,39,43,46,54H,4-6,8,11,13-15,22-24,31-33,35,38,40-42,44-45,47-53H2,1-3H3/b10-7-,12-9-,19-16-,20-17-,21-18-,28-25-,29-26-,30-27-,37-34-,39-36-,46-43-. The van der Waals surface area contributed by atoms with Gasteiger partial charge in [0.2, 0.25) is 0 Å². The van der Waals surface area contributed by atoms with Gasteiger partial charge in [-0.15, -0.1) is 0 Å². The van der Waals surface area contributed by atoms with Gasteiger partial charge in [0, 0.05) is 12.8 Å². The molecule has 63 heavy (non-hydrogen) atoms. The number of esters is 3. The summed E-state index contributed by atoms with van der Waals surface area (Å²) in [5.41, 5.74) is 0. The summed E-state index contributed by atoms with van der Waals surface area (Å²) >= 11 is 0. The molecule has 0 aromatic carbocycles. The van der Waals surface area contributed by atoms with Crippen molar-refractivity contribution in [2.45, 2.75) is 194 Å². The van der Waals surface area contributed by atoms with E-state index < -0.39 is 12.1 Å². The number of hydrogen-bond donors (Lipinski definition) is 0. The smallest absolute Gasteiger partial charge is 0.309 e. The van der Waals surface area contributed by atoms with Crippen molar-refractivity contribution in [2.75, 3.05) is 13.2 Å². The van der Waals surface area contributed by atoms with Crippen LogP contribution in [0.15, 0.2) is 134 Å². The molecule has 0 spiro atoms. The van der Waals surface area contributed by atoms with Crippen molar-refractivity contribution >= 4 is 17.9 Å². The molecule has 0 bridgehead atoms. The second-order valence-corrected chi connectivity index (χ2v) is 15.6. The second kappa shape index (κ2) is 50.2. The van der Waals surface area contributed by atoms with Crippen molar-refractivity contribution < 1.29 is 28.6 Å². The fraction of sp³-hybridized carbons (Fsp3) is 0.561. The van der Waals surface area contributed by atoms with Crippen LogP contribution in [0, 0.1) is 0 Å². The summed E-state index contributed by atoms with van der Waals surface area (Å²) in [6, 6.07) is 0. The summed E-state index contributed by atoms with van der Waals surface area (Å²) in [4.78, 5) is 37.9. The molecule has 0 radical (unpaired) electrons. The summed E-state index contributed by atoms with van der Waals surface area (Å²) in [6.45, 7) is 6.21. The molecule has 0 aliphatic heterocycles. The van der Waals surface area contributed by atoms with E-state index in [0.29, 0.717) is 12.8 Å². The zero-order chi connectivity index (χ0) is 45.8. The quantitative estimate of drug-likeness (QED) is 0.0263. The minimum absolute atomic E-state index is 0.109. The normalized spacial score (nSPS) is 13.3. The number of carbonyl (C=O) groups is 3. The van der Waals surface area contributed by atoms with Crippen LogP contribution in [0.1, 0.15) is 188 Å². The van der Waals surface area contributed by atoms with Gasteiger partial charge in [-0.05, 0) is 116 Å². The fourth-order valence-corrected chi connectivity index (χ4v) is 6.00. The van der Waals surface area contributed by atoms with E-state index in [0.717, 1.165) is 116 Å². The Morgan fingerprint density at radius 1 is 0.349 bits per heavy atom. The zero-order valence-electron chi connectivity index (χ0n) is 40.0. The molecule has 0 aliphatic carbocycles. The average molecular weight is 869 g/mol. The summed E-state index contributed by atoms with van der Waals surface area (Å²) in [7, 11) is 0. The van der Waals surface area contributed by atoms with Crippen molar-refractivity contribution in [3.8, 4) is 0 Å². The predicted octanol–water partition coefficient (Wildman–Crippen LogP) is 16.3. The molecule has 0 rings (SSSR count). The van der Waals surface area contributed by atoms with Crippen LogP contribution in [0.3, 0.4) is 0 Å². The molecule has 1 atom stereocenters. The second-order valence-electron chi connectivity index (χ2n) is 15.6. The first-order valence-corrected chi connectivity index (χ1v) is 24.7. The molecule has 0 aromatic rings. The van der Waals surface area contributed by atoms with Crippen molar-refractivity contribution in [2.24, 2.45) is 0 Å². The van der Waals surface area contributed by atoms with Crippen LogP contribution >= 0.6 is 0 Å². The van der Waals surface area contributed by atoms with Crippen molar-refractivity contribution in [1.82, 2.24) is 0 Å². The summed E-state index contributed by atoms with van der Waals surface area (Å²) in [6.07, 6.45) is 70.3. The van der Waals surface area contributed by atoms with Gasteiger partial charge < -0.3 is 14.2 Å². The Hall–Kier alpha value is -4.45. The Bertz CT molecular complexity index is 1420. The Morgan fingerprint density at radius 2 is 0.683 bits per heavy atom. The maximum Gasteiger partial charge on any atom is 0.309 e. The monoisotopic (exact) mass is 869 g/mol. The molecule has 0 N–H and O–H groups in total. The minimum atomic E-state index is -0.849. The van der Waals surface area contributed by atoms with Gasteiger partial charge >= 0.3 is 17.9 Å². The molecular weight excluding hydrogens is 781 g/mol. The van der Waals surface area contributed by atoms with E-state index in [2.05, 4.69) is 142 Å². The molecule has 6 heteroatoms. The van der Waals surface area contributed by atoms with Gasteiger partial charge in [-0.3, -0.25) is 14.4 Å². The summed E-state index contributed by atoms with van der Waals surface area (Å²) < 4.78 is 16.6. The highest BCUT2D eigenvalue weighted by molar-refractivity contribution is 5.72. The van der Waals surface area contributed by atoms with Crippen molar-refractivity contribution in [3.05, 3.63) is 134 Å². The fourth-order valence-electron chi connectivity index (χ4n) is 6.00. The zero-order valence-corrected chi connectivity index (χ0v) is 40.0. The first-order valence-electron chi connectivity index (χ1n) is 24.7. The Kier molecular flexibility index (Phi) is 46.7. The highest BCUT2D eigenvalue weighted by Crippen LogP contribution is 2.11. The van der Waals surface area contributed by atoms with Crippen LogP contribution < -0.4 is 0 Å². The lowest BCUT2D eigenvalue weighted by Gasteiger charge is -2.18. The lowest BCUT2D eigenvalue weighted by molar-refractivity contribution is -0.166. The molecule has 0 heterocycles. The van der Waals surface area contributed by atoms with Crippen LogP contribution in [-0.4, -0.2) is 37.2 Å². The molecule has 0 fully saturated rings. The van der Waals surface area contributed by atoms with Gasteiger partial charge in [0.1, 0.15) is 13.2 Å². The Labute approximate surface area is 385 Å². The van der Waals surface area contributed by atoms with Gasteiger partial charge in [-0.25, -0.2) is 0 Å². The molecule has 352 valence electrons. The lowest BCUT2D eigenvalue weighted by atomic mass is 10.1. The number of unbranched alkanes of at least 4 members (excludes halogenated alkanes) is 10. The predicted molar refractivity (Wildman–Crippen MR) is 269 cm³/mol. The van der Waals surface area contributed by atoms with Gasteiger partial charge in [-0.2, -0.15) is 0 Å². The van der Waals surface area contributed by atoms with Crippen molar-refractivity contribution in [1.29, 1.82) is 0 Å². The van der Waals surface area contributed by atoms with Crippen LogP contribution in [0.2, 0.25) is 0 Å². The molecule has 0 aromatic heterocycles. The topological polar surface area (TPSA) is 78.9 Å². The number of ether oxygens (including phenoxy) is 3. The van der Waals surface area contributed by atoms with E-state index in [1.165, 1.54) is 25.7 Å². The van der Waals surface area contributed by atoms with Gasteiger partial charge in [0.15, 0.2) is 6.10 Å². The summed E-state index contributed by atoms with van der Waals surface area (Å²) in [5.74, 6) is -1.14. The SMILES string of the molecule is CC/C=C\C/C=C\C/C=C\C/C=C\C/C=C\CC(=O)OCC(COC(=O)CCCCCCC/C=C\C/C=C\CCCCC)OC(=O)CCCC/C=C\C/C=C\C/C=C\C/C=C\CC. The minimum Gasteiger partial charge on any atom is -0.462 e. The Morgan fingerprint density at radius 3 is 1.14 bits per heavy atom. The molecular formula is C57H88O6. The van der Waals surface area contributed by atoms with Gasteiger partial charge in [0.25, 0.3) is 0 Å². The maximum atomic E-state index is 12.8. The number of allylic oxidation sites excluding steroid dienone is 21. The van der Waals surface area contributed by atoms with E-state index in [9.17, 15) is 14.4 Å². The molecule has 0 aliphatic rings. The number of carbonyl (C=O) groups excluding carboxylic acids is 3. The van der Waals surface area contributed by atoms with E-state index in [1.807, 2.05) is 6.08 Å². The van der Waals surface area contributed by atoms with Gasteiger partial charge in [0.05, 0.1) is 6.42 Å². The largest absolute Gasteiger partial charge is 0.462 e. The average Bonchev–Trinajstić information content (AvgIpc) is 3.28. The van der Waals surface area contributed by atoms with Gasteiger partial charge in [-0.1, -0.05) is 187 Å². The molecule has 0 saturated carbocycles. The van der Waals surface area contributed by atoms with Crippen molar-refractivity contribution in [3.63, 3.8) is 0 Å². The van der Waals surface area contributed by atoms with Crippen LogP contribution in [0.25, 0.3) is 0 Å². The van der Waals surface area contributed by atoms with E-state index in [1.54, 1.807) is 6.08 Å². The molecule has 6 nitrogen and oxygen atoms in total. The van der Waals surface area contributed by atoms with E-state index >= 15 is 0 Å².